The number of hydrogen-bond donors (Lipinski definition) is 9. The van der Waals surface area contributed by atoms with Crippen LogP contribution in [0, 0.1) is 0 Å². The zero-order valence-corrected chi connectivity index (χ0v) is 20.3. The molecular formula is C23H35N5O9. The van der Waals surface area contributed by atoms with E-state index in [2.05, 4.69) is 16.0 Å². The molecule has 0 fully saturated rings. The second-order valence-corrected chi connectivity index (χ2v) is 8.40. The van der Waals surface area contributed by atoms with Crippen LogP contribution in [0.25, 0.3) is 0 Å². The summed E-state index contributed by atoms with van der Waals surface area (Å²) < 4.78 is 0. The first-order valence-electron chi connectivity index (χ1n) is 11.7. The number of phenols is 1. The number of hydrogen-bond acceptors (Lipinski definition) is 9. The number of benzene rings is 1. The molecule has 14 nitrogen and oxygen atoms in total. The first-order valence-corrected chi connectivity index (χ1v) is 11.7. The topological polar surface area (TPSA) is 254 Å². The van der Waals surface area contributed by atoms with Crippen molar-refractivity contribution >= 4 is 29.7 Å². The zero-order valence-electron chi connectivity index (χ0n) is 20.3. The van der Waals surface area contributed by atoms with Gasteiger partial charge in [0.2, 0.25) is 17.7 Å². The van der Waals surface area contributed by atoms with E-state index in [9.17, 15) is 34.2 Å². The third kappa shape index (κ3) is 11.7. The van der Waals surface area contributed by atoms with Crippen LogP contribution in [0.1, 0.15) is 37.7 Å². The summed E-state index contributed by atoms with van der Waals surface area (Å²) in [5.41, 5.74) is 11.8. The molecule has 14 heteroatoms. The Morgan fingerprint density at radius 1 is 0.811 bits per heavy atom. The molecule has 37 heavy (non-hydrogen) atoms. The van der Waals surface area contributed by atoms with E-state index in [0.717, 1.165) is 0 Å². The minimum Gasteiger partial charge on any atom is -0.508 e. The fraction of sp³-hybridized carbons (Fsp3) is 0.522. The maximum atomic E-state index is 13.1. The number of aromatic hydroxyl groups is 1. The minimum absolute atomic E-state index is 0.0260. The highest BCUT2D eigenvalue weighted by Gasteiger charge is 2.30. The summed E-state index contributed by atoms with van der Waals surface area (Å²) in [5.74, 6) is -5.04. The Hall–Kier alpha value is -3.75. The van der Waals surface area contributed by atoms with Gasteiger partial charge in [-0.25, -0.2) is 4.79 Å². The number of unbranched alkanes of at least 4 members (excludes halogenated alkanes) is 1. The predicted octanol–water partition coefficient (Wildman–Crippen LogP) is -2.21. The number of carboxylic acid groups (broad SMARTS) is 2. The molecule has 3 amide bonds. The SMILES string of the molecule is NCCCCC(NC(=O)C(N)CCC(=O)O)C(=O)NC(Cc1ccc(O)cc1)C(=O)NC(CO)C(=O)O. The van der Waals surface area contributed by atoms with E-state index in [-0.39, 0.29) is 31.4 Å². The number of aliphatic hydroxyl groups excluding tert-OH is 1. The van der Waals surface area contributed by atoms with Crippen LogP contribution in [0.15, 0.2) is 24.3 Å². The normalized spacial score (nSPS) is 14.0. The Balaban J connectivity index is 3.09. The number of aliphatic carboxylic acids is 2. The van der Waals surface area contributed by atoms with E-state index in [4.69, 9.17) is 21.7 Å². The van der Waals surface area contributed by atoms with Gasteiger partial charge in [0.1, 0.15) is 23.9 Å². The van der Waals surface area contributed by atoms with E-state index in [0.29, 0.717) is 24.9 Å². The van der Waals surface area contributed by atoms with Crippen LogP contribution >= 0.6 is 0 Å². The maximum Gasteiger partial charge on any atom is 0.328 e. The summed E-state index contributed by atoms with van der Waals surface area (Å²) in [7, 11) is 0. The molecule has 0 spiro atoms. The Morgan fingerprint density at radius 2 is 1.38 bits per heavy atom. The molecule has 1 rings (SSSR count). The molecule has 0 bridgehead atoms. The van der Waals surface area contributed by atoms with Gasteiger partial charge in [-0.1, -0.05) is 12.1 Å². The maximum absolute atomic E-state index is 13.1. The summed E-state index contributed by atoms with van der Waals surface area (Å²) in [6, 6.07) is 0.507. The quantitative estimate of drug-likeness (QED) is 0.0985. The molecule has 0 aliphatic heterocycles. The van der Waals surface area contributed by atoms with Crippen molar-refractivity contribution in [2.24, 2.45) is 11.5 Å². The number of carbonyl (C=O) groups is 5. The summed E-state index contributed by atoms with van der Waals surface area (Å²) in [6.45, 7) is -0.545. The number of nitrogens with two attached hydrogens (primary N) is 2. The lowest BCUT2D eigenvalue weighted by molar-refractivity contribution is -0.143. The van der Waals surface area contributed by atoms with Crippen molar-refractivity contribution in [3.8, 4) is 5.75 Å². The molecule has 0 saturated heterocycles. The number of amides is 3. The van der Waals surface area contributed by atoms with E-state index in [1.165, 1.54) is 24.3 Å². The molecule has 0 radical (unpaired) electrons. The Bertz CT molecular complexity index is 926. The van der Waals surface area contributed by atoms with Crippen molar-refractivity contribution < 1.29 is 44.4 Å². The summed E-state index contributed by atoms with van der Waals surface area (Å²) >= 11 is 0. The highest BCUT2D eigenvalue weighted by atomic mass is 16.4. The van der Waals surface area contributed by atoms with E-state index < -0.39 is 60.4 Å². The molecule has 206 valence electrons. The van der Waals surface area contributed by atoms with Gasteiger partial charge in [-0.2, -0.15) is 0 Å². The minimum atomic E-state index is -1.61. The smallest absolute Gasteiger partial charge is 0.328 e. The molecule has 0 aliphatic carbocycles. The van der Waals surface area contributed by atoms with Gasteiger partial charge in [-0.05, 0) is 49.9 Å². The van der Waals surface area contributed by atoms with Crippen molar-refractivity contribution in [2.75, 3.05) is 13.2 Å². The van der Waals surface area contributed by atoms with Gasteiger partial charge < -0.3 is 47.8 Å². The van der Waals surface area contributed by atoms with E-state index in [1.54, 1.807) is 0 Å². The Kier molecular flexibility index (Phi) is 13.6. The third-order valence-corrected chi connectivity index (χ3v) is 5.39. The van der Waals surface area contributed by atoms with Crippen LogP contribution < -0.4 is 27.4 Å². The molecule has 0 heterocycles. The van der Waals surface area contributed by atoms with Crippen molar-refractivity contribution in [3.05, 3.63) is 29.8 Å². The zero-order chi connectivity index (χ0) is 28.0. The summed E-state index contributed by atoms with van der Waals surface area (Å²) in [4.78, 5) is 60.5. The molecule has 0 aromatic heterocycles. The van der Waals surface area contributed by atoms with Gasteiger partial charge in [0.25, 0.3) is 0 Å². The van der Waals surface area contributed by atoms with Crippen LogP contribution in [-0.2, 0) is 30.4 Å². The highest BCUT2D eigenvalue weighted by Crippen LogP contribution is 2.12. The van der Waals surface area contributed by atoms with Crippen LogP contribution in [0.5, 0.6) is 5.75 Å². The molecule has 1 aromatic rings. The number of phenolic OH excluding ortho intramolecular Hbond substituents is 1. The second-order valence-electron chi connectivity index (χ2n) is 8.40. The molecule has 4 unspecified atom stereocenters. The van der Waals surface area contributed by atoms with Gasteiger partial charge in [0.05, 0.1) is 12.6 Å². The van der Waals surface area contributed by atoms with Gasteiger partial charge in [-0.15, -0.1) is 0 Å². The fourth-order valence-corrected chi connectivity index (χ4v) is 3.26. The largest absolute Gasteiger partial charge is 0.508 e. The van der Waals surface area contributed by atoms with Crippen molar-refractivity contribution in [1.82, 2.24) is 16.0 Å². The molecule has 4 atom stereocenters. The second kappa shape index (κ2) is 16.1. The van der Waals surface area contributed by atoms with Crippen molar-refractivity contribution in [1.29, 1.82) is 0 Å². The van der Waals surface area contributed by atoms with Gasteiger partial charge in [0.15, 0.2) is 0 Å². The third-order valence-electron chi connectivity index (χ3n) is 5.39. The average Bonchev–Trinajstić information content (AvgIpc) is 2.85. The number of rotatable bonds is 17. The first-order chi connectivity index (χ1) is 17.5. The standard InChI is InChI=1S/C23H35N5O9/c24-10-2-1-3-16(26-20(33)15(25)8-9-19(31)32)21(34)27-17(11-13-4-6-14(30)7-5-13)22(35)28-18(12-29)23(36)37/h4-7,15-18,29-30H,1-3,8-12,24-25H2,(H,26,33)(H,27,34)(H,28,35)(H,31,32)(H,36,37). The number of aliphatic hydroxyl groups is 1. The first kappa shape index (κ1) is 31.3. The van der Waals surface area contributed by atoms with E-state index >= 15 is 0 Å². The van der Waals surface area contributed by atoms with Crippen LogP contribution in [0.4, 0.5) is 0 Å². The lowest BCUT2D eigenvalue weighted by Crippen LogP contribution is -2.58. The van der Waals surface area contributed by atoms with Crippen molar-refractivity contribution in [2.45, 2.75) is 62.7 Å². The fourth-order valence-electron chi connectivity index (χ4n) is 3.26. The molecule has 11 N–H and O–H groups in total. The molecule has 0 aliphatic rings. The molecule has 0 saturated carbocycles. The van der Waals surface area contributed by atoms with Crippen LogP contribution in [0.2, 0.25) is 0 Å². The summed E-state index contributed by atoms with van der Waals surface area (Å²) in [5, 5.41) is 43.8. The van der Waals surface area contributed by atoms with E-state index in [1.807, 2.05) is 0 Å². The monoisotopic (exact) mass is 525 g/mol. The highest BCUT2D eigenvalue weighted by molar-refractivity contribution is 5.94. The number of nitrogens with one attached hydrogen (secondary N) is 3. The van der Waals surface area contributed by atoms with Gasteiger partial charge >= 0.3 is 11.9 Å². The summed E-state index contributed by atoms with van der Waals surface area (Å²) in [6.07, 6.45) is 0.531. The lowest BCUT2D eigenvalue weighted by atomic mass is 10.0. The molecular weight excluding hydrogens is 490 g/mol. The Labute approximate surface area is 213 Å². The predicted molar refractivity (Wildman–Crippen MR) is 130 cm³/mol. The van der Waals surface area contributed by atoms with Gasteiger partial charge in [0, 0.05) is 12.8 Å². The average molecular weight is 526 g/mol. The van der Waals surface area contributed by atoms with Gasteiger partial charge in [-0.3, -0.25) is 19.2 Å². The lowest BCUT2D eigenvalue weighted by Gasteiger charge is -2.25. The molecule has 1 aromatic carbocycles. The Morgan fingerprint density at radius 3 is 1.92 bits per heavy atom. The van der Waals surface area contributed by atoms with Crippen molar-refractivity contribution in [3.63, 3.8) is 0 Å². The van der Waals surface area contributed by atoms with Crippen LogP contribution in [0.3, 0.4) is 0 Å². The number of carboxylic acids is 2. The van der Waals surface area contributed by atoms with Crippen LogP contribution in [-0.4, -0.2) is 87.4 Å². The number of carbonyl (C=O) groups excluding carboxylic acids is 3.